The second-order valence-electron chi connectivity index (χ2n) is 8.78. The lowest BCUT2D eigenvalue weighted by Crippen LogP contribution is -2.48. The average molecular weight is 552 g/mol. The van der Waals surface area contributed by atoms with E-state index in [0.717, 1.165) is 41.7 Å². The van der Waals surface area contributed by atoms with Crippen molar-refractivity contribution < 1.29 is 14.4 Å². The Morgan fingerprint density at radius 2 is 1.54 bits per heavy atom. The lowest BCUT2D eigenvalue weighted by Gasteiger charge is -2.36. The van der Waals surface area contributed by atoms with E-state index in [0.29, 0.717) is 33.6 Å². The molecule has 0 radical (unpaired) electrons. The first-order chi connectivity index (χ1) is 17.9. The zero-order valence-electron chi connectivity index (χ0n) is 19.8. The minimum absolute atomic E-state index is 0.0286. The standard InChI is InChI=1S/C28H23Cl2N3O3S/c29-22-4-1-3-20(15-22)18-33-27(35)25(37-28(33)36)16-19-7-9-21(10-8-19)26(34)32-13-11-31(12-14-32)24-6-2-5-23(30)17-24/h1-10,15-17H,11-14,18H2. The van der Waals surface area contributed by atoms with Crippen molar-refractivity contribution in [2.45, 2.75) is 6.54 Å². The number of anilines is 1. The number of hydrogen-bond donors (Lipinski definition) is 0. The van der Waals surface area contributed by atoms with Crippen LogP contribution in [0.5, 0.6) is 0 Å². The molecule has 3 aromatic rings. The maximum absolute atomic E-state index is 13.0. The average Bonchev–Trinajstić information content (AvgIpc) is 3.16. The van der Waals surface area contributed by atoms with Gasteiger partial charge in [0.25, 0.3) is 17.1 Å². The van der Waals surface area contributed by atoms with E-state index >= 15 is 0 Å². The first kappa shape index (κ1) is 25.4. The van der Waals surface area contributed by atoms with Crippen LogP contribution in [0, 0.1) is 0 Å². The molecule has 0 N–H and O–H groups in total. The molecule has 5 rings (SSSR count). The van der Waals surface area contributed by atoms with E-state index in [4.69, 9.17) is 23.2 Å². The second kappa shape index (κ2) is 11.0. The summed E-state index contributed by atoms with van der Waals surface area (Å²) in [6.45, 7) is 2.87. The normalized spacial score (nSPS) is 17.1. The van der Waals surface area contributed by atoms with Gasteiger partial charge < -0.3 is 9.80 Å². The molecule has 0 aliphatic carbocycles. The van der Waals surface area contributed by atoms with E-state index in [1.54, 1.807) is 48.5 Å². The third-order valence-corrected chi connectivity index (χ3v) is 7.68. The molecular weight excluding hydrogens is 529 g/mol. The Bertz CT molecular complexity index is 1390. The number of rotatable bonds is 5. The predicted molar refractivity (Wildman–Crippen MR) is 149 cm³/mol. The van der Waals surface area contributed by atoms with Gasteiger partial charge in [0.2, 0.25) is 0 Å². The van der Waals surface area contributed by atoms with Gasteiger partial charge >= 0.3 is 0 Å². The number of piperazine rings is 1. The number of imide groups is 1. The maximum Gasteiger partial charge on any atom is 0.293 e. The molecule has 2 fully saturated rings. The zero-order valence-corrected chi connectivity index (χ0v) is 22.1. The highest BCUT2D eigenvalue weighted by atomic mass is 35.5. The molecule has 188 valence electrons. The summed E-state index contributed by atoms with van der Waals surface area (Å²) in [5.74, 6) is -0.369. The van der Waals surface area contributed by atoms with Gasteiger partial charge in [-0.05, 0) is 71.4 Å². The molecule has 0 bridgehead atoms. The number of amides is 3. The van der Waals surface area contributed by atoms with Crippen LogP contribution in [0.2, 0.25) is 10.0 Å². The molecule has 0 saturated carbocycles. The van der Waals surface area contributed by atoms with Gasteiger partial charge in [0, 0.05) is 47.5 Å². The number of nitrogens with zero attached hydrogens (tertiary/aromatic N) is 3. The Hall–Kier alpha value is -3.26. The minimum atomic E-state index is -0.340. The van der Waals surface area contributed by atoms with Crippen molar-refractivity contribution in [3.05, 3.63) is 104 Å². The van der Waals surface area contributed by atoms with Crippen LogP contribution in [-0.2, 0) is 11.3 Å². The van der Waals surface area contributed by atoms with Crippen molar-refractivity contribution in [2.75, 3.05) is 31.1 Å². The summed E-state index contributed by atoms with van der Waals surface area (Å²) in [6.07, 6.45) is 1.68. The summed E-state index contributed by atoms with van der Waals surface area (Å²) >= 11 is 13.0. The van der Waals surface area contributed by atoms with Crippen LogP contribution in [0.1, 0.15) is 21.5 Å². The molecule has 9 heteroatoms. The molecule has 2 aliphatic heterocycles. The molecule has 0 aromatic heterocycles. The van der Waals surface area contributed by atoms with Crippen molar-refractivity contribution in [2.24, 2.45) is 0 Å². The van der Waals surface area contributed by atoms with Gasteiger partial charge in [0.05, 0.1) is 11.4 Å². The van der Waals surface area contributed by atoms with Gasteiger partial charge in [0.15, 0.2) is 0 Å². The fourth-order valence-corrected chi connectivity index (χ4v) is 5.59. The van der Waals surface area contributed by atoms with E-state index in [9.17, 15) is 14.4 Å². The predicted octanol–water partition coefficient (Wildman–Crippen LogP) is 6.19. The third kappa shape index (κ3) is 5.85. The van der Waals surface area contributed by atoms with Crippen molar-refractivity contribution in [3.63, 3.8) is 0 Å². The van der Waals surface area contributed by atoms with Crippen molar-refractivity contribution in [3.8, 4) is 0 Å². The molecule has 3 aromatic carbocycles. The molecule has 0 spiro atoms. The zero-order chi connectivity index (χ0) is 25.9. The monoisotopic (exact) mass is 551 g/mol. The van der Waals surface area contributed by atoms with Gasteiger partial charge in [-0.1, -0.05) is 53.5 Å². The molecule has 37 heavy (non-hydrogen) atoms. The minimum Gasteiger partial charge on any atom is -0.368 e. The van der Waals surface area contributed by atoms with E-state index < -0.39 is 0 Å². The summed E-state index contributed by atoms with van der Waals surface area (Å²) in [6, 6.07) is 21.9. The summed E-state index contributed by atoms with van der Waals surface area (Å²) in [7, 11) is 0. The quantitative estimate of drug-likeness (QED) is 0.353. The molecule has 6 nitrogen and oxygen atoms in total. The lowest BCUT2D eigenvalue weighted by molar-refractivity contribution is -0.123. The highest BCUT2D eigenvalue weighted by Gasteiger charge is 2.35. The van der Waals surface area contributed by atoms with E-state index in [2.05, 4.69) is 4.90 Å². The Balaban J connectivity index is 1.21. The Morgan fingerprint density at radius 3 is 2.22 bits per heavy atom. The number of halogens is 2. The first-order valence-corrected chi connectivity index (χ1v) is 13.3. The number of carbonyl (C=O) groups is 3. The molecule has 2 heterocycles. The van der Waals surface area contributed by atoms with E-state index in [-0.39, 0.29) is 23.6 Å². The molecule has 3 amide bonds. The van der Waals surface area contributed by atoms with Crippen LogP contribution in [-0.4, -0.2) is 53.0 Å². The number of thioether (sulfide) groups is 1. The van der Waals surface area contributed by atoms with Crippen molar-refractivity contribution >= 4 is 63.8 Å². The van der Waals surface area contributed by atoms with Gasteiger partial charge in [-0.3, -0.25) is 19.3 Å². The Kier molecular flexibility index (Phi) is 7.55. The summed E-state index contributed by atoms with van der Waals surface area (Å²) in [5, 5.41) is 0.930. The fourth-order valence-electron chi connectivity index (χ4n) is 4.35. The fraction of sp³-hybridized carbons (Fsp3) is 0.179. The van der Waals surface area contributed by atoms with E-state index in [1.807, 2.05) is 35.2 Å². The summed E-state index contributed by atoms with van der Waals surface area (Å²) < 4.78 is 0. The molecule has 2 aliphatic rings. The SMILES string of the molecule is O=C(c1ccc(C=C2SC(=O)N(Cc3cccc(Cl)c3)C2=O)cc1)N1CCN(c2cccc(Cl)c2)CC1. The molecule has 0 unspecified atom stereocenters. The van der Waals surface area contributed by atoms with Crippen LogP contribution in [0.3, 0.4) is 0 Å². The third-order valence-electron chi connectivity index (χ3n) is 6.30. The highest BCUT2D eigenvalue weighted by Crippen LogP contribution is 2.33. The maximum atomic E-state index is 13.0. The summed E-state index contributed by atoms with van der Waals surface area (Å²) in [5.41, 5.74) is 3.17. The molecular formula is C28H23Cl2N3O3S. The number of hydrogen-bond acceptors (Lipinski definition) is 5. The second-order valence-corrected chi connectivity index (χ2v) is 10.6. The Morgan fingerprint density at radius 1 is 0.865 bits per heavy atom. The van der Waals surface area contributed by atoms with E-state index in [1.165, 1.54) is 4.90 Å². The highest BCUT2D eigenvalue weighted by molar-refractivity contribution is 8.18. The Labute approximate surface area is 229 Å². The smallest absolute Gasteiger partial charge is 0.293 e. The largest absolute Gasteiger partial charge is 0.368 e. The van der Waals surface area contributed by atoms with Crippen molar-refractivity contribution in [1.82, 2.24) is 9.80 Å². The van der Waals surface area contributed by atoms with Gasteiger partial charge in [-0.15, -0.1) is 0 Å². The van der Waals surface area contributed by atoms with Crippen molar-refractivity contribution in [1.29, 1.82) is 0 Å². The van der Waals surface area contributed by atoms with Crippen LogP contribution in [0.25, 0.3) is 6.08 Å². The topological polar surface area (TPSA) is 60.9 Å². The number of benzene rings is 3. The van der Waals surface area contributed by atoms with Crippen LogP contribution in [0.4, 0.5) is 10.5 Å². The van der Waals surface area contributed by atoms with Crippen LogP contribution >= 0.6 is 35.0 Å². The molecule has 2 saturated heterocycles. The molecule has 0 atom stereocenters. The van der Waals surface area contributed by atoms with Gasteiger partial charge in [0.1, 0.15) is 0 Å². The van der Waals surface area contributed by atoms with Gasteiger partial charge in [-0.25, -0.2) is 0 Å². The van der Waals surface area contributed by atoms with Crippen LogP contribution < -0.4 is 4.90 Å². The first-order valence-electron chi connectivity index (χ1n) is 11.8. The lowest BCUT2D eigenvalue weighted by atomic mass is 10.1. The van der Waals surface area contributed by atoms with Gasteiger partial charge in [-0.2, -0.15) is 0 Å². The van der Waals surface area contributed by atoms with Crippen LogP contribution in [0.15, 0.2) is 77.7 Å². The number of carbonyl (C=O) groups excluding carboxylic acids is 3. The summed E-state index contributed by atoms with van der Waals surface area (Å²) in [4.78, 5) is 44.0.